The first-order chi connectivity index (χ1) is 10.2. The van der Waals surface area contributed by atoms with Crippen LogP contribution in [-0.2, 0) is 6.54 Å². The van der Waals surface area contributed by atoms with E-state index in [9.17, 15) is 10.2 Å². The molecule has 1 saturated carbocycles. The van der Waals surface area contributed by atoms with Gasteiger partial charge in [-0.3, -0.25) is 0 Å². The van der Waals surface area contributed by atoms with E-state index < -0.39 is 0 Å². The molecule has 0 aromatic heterocycles. The number of fused-ring (bicyclic) bond motifs is 1. The normalized spacial score (nSPS) is 18.0. The second-order valence-electron chi connectivity index (χ2n) is 6.14. The fraction of sp³-hybridized carbons (Fsp3) is 0.444. The van der Waals surface area contributed by atoms with E-state index in [4.69, 9.17) is 0 Å². The third-order valence-corrected chi connectivity index (χ3v) is 4.77. The minimum atomic E-state index is -0.179. The van der Waals surface area contributed by atoms with E-state index in [-0.39, 0.29) is 12.1 Å². The summed E-state index contributed by atoms with van der Waals surface area (Å²) in [6.07, 6.45) is 5.59. The number of hydrogen-bond donors (Lipinski definition) is 3. The molecule has 0 amide bonds. The molecule has 1 aliphatic carbocycles. The molecule has 2 aromatic rings. The minimum Gasteiger partial charge on any atom is -0.508 e. The molecule has 3 nitrogen and oxygen atoms in total. The Kier molecular flexibility index (Phi) is 4.13. The Labute approximate surface area is 125 Å². The average molecular weight is 285 g/mol. The molecule has 112 valence electrons. The maximum Gasteiger partial charge on any atom is 0.120 e. The van der Waals surface area contributed by atoms with Crippen LogP contribution in [0, 0.1) is 0 Å². The Hall–Kier alpha value is -1.58. The van der Waals surface area contributed by atoms with Crippen LogP contribution in [0.5, 0.6) is 5.75 Å². The summed E-state index contributed by atoms with van der Waals surface area (Å²) in [6.45, 7) is 0.756. The van der Waals surface area contributed by atoms with E-state index in [1.54, 1.807) is 6.07 Å². The predicted molar refractivity (Wildman–Crippen MR) is 85.4 cm³/mol. The van der Waals surface area contributed by atoms with Crippen LogP contribution in [0.15, 0.2) is 36.4 Å². The molecule has 0 atom stereocenters. The number of phenolic OH excluding ortho intramolecular Hbond substituents is 1. The van der Waals surface area contributed by atoms with Gasteiger partial charge in [0.05, 0.1) is 6.61 Å². The Morgan fingerprint density at radius 2 is 1.76 bits per heavy atom. The van der Waals surface area contributed by atoms with Crippen molar-refractivity contribution < 1.29 is 10.2 Å². The van der Waals surface area contributed by atoms with Gasteiger partial charge in [-0.05, 0) is 29.7 Å². The molecule has 0 unspecified atom stereocenters. The molecule has 0 saturated heterocycles. The molecule has 3 N–H and O–H groups in total. The zero-order chi connectivity index (χ0) is 14.7. The predicted octanol–water partition coefficient (Wildman–Crippen LogP) is 3.33. The molecule has 0 spiro atoms. The smallest absolute Gasteiger partial charge is 0.120 e. The first-order valence-corrected chi connectivity index (χ1v) is 7.80. The topological polar surface area (TPSA) is 52.5 Å². The first kappa shape index (κ1) is 14.4. The number of nitrogens with one attached hydrogen (secondary N) is 1. The van der Waals surface area contributed by atoms with Crippen molar-refractivity contribution in [2.24, 2.45) is 0 Å². The SMILES string of the molecule is OCC1(NCc2c(O)ccc3ccccc23)CCCCC1. The highest BCUT2D eigenvalue weighted by molar-refractivity contribution is 5.87. The van der Waals surface area contributed by atoms with Crippen LogP contribution in [0.3, 0.4) is 0 Å². The summed E-state index contributed by atoms with van der Waals surface area (Å²) in [4.78, 5) is 0. The van der Waals surface area contributed by atoms with Crippen molar-refractivity contribution in [2.75, 3.05) is 6.61 Å². The molecule has 1 aliphatic rings. The third-order valence-electron chi connectivity index (χ3n) is 4.77. The highest BCUT2D eigenvalue weighted by Gasteiger charge is 2.30. The molecular formula is C18H23NO2. The van der Waals surface area contributed by atoms with Crippen LogP contribution < -0.4 is 5.32 Å². The molecule has 21 heavy (non-hydrogen) atoms. The van der Waals surface area contributed by atoms with Crippen LogP contribution in [0.25, 0.3) is 10.8 Å². The van der Waals surface area contributed by atoms with Gasteiger partial charge in [0, 0.05) is 17.6 Å². The maximum atomic E-state index is 10.2. The minimum absolute atomic E-state index is 0.165. The zero-order valence-electron chi connectivity index (χ0n) is 12.3. The van der Waals surface area contributed by atoms with Crippen molar-refractivity contribution in [1.29, 1.82) is 0 Å². The highest BCUT2D eigenvalue weighted by Crippen LogP contribution is 2.31. The van der Waals surface area contributed by atoms with E-state index in [1.807, 2.05) is 24.3 Å². The summed E-state index contributed by atoms with van der Waals surface area (Å²) < 4.78 is 0. The monoisotopic (exact) mass is 285 g/mol. The van der Waals surface area contributed by atoms with Gasteiger partial charge in [-0.1, -0.05) is 49.6 Å². The number of phenols is 1. The molecule has 1 fully saturated rings. The lowest BCUT2D eigenvalue weighted by Crippen LogP contribution is -2.49. The van der Waals surface area contributed by atoms with Crippen molar-refractivity contribution in [3.63, 3.8) is 0 Å². The van der Waals surface area contributed by atoms with E-state index in [0.717, 1.165) is 42.0 Å². The number of hydrogen-bond acceptors (Lipinski definition) is 3. The molecular weight excluding hydrogens is 262 g/mol. The second kappa shape index (κ2) is 6.04. The quantitative estimate of drug-likeness (QED) is 0.807. The van der Waals surface area contributed by atoms with E-state index >= 15 is 0 Å². The van der Waals surface area contributed by atoms with Crippen molar-refractivity contribution >= 4 is 10.8 Å². The van der Waals surface area contributed by atoms with E-state index in [1.165, 1.54) is 6.42 Å². The highest BCUT2D eigenvalue weighted by atomic mass is 16.3. The number of rotatable bonds is 4. The second-order valence-corrected chi connectivity index (χ2v) is 6.14. The zero-order valence-corrected chi connectivity index (χ0v) is 12.3. The molecule has 0 radical (unpaired) electrons. The molecule has 3 heteroatoms. The molecule has 3 rings (SSSR count). The Morgan fingerprint density at radius 3 is 2.52 bits per heavy atom. The largest absolute Gasteiger partial charge is 0.508 e. The first-order valence-electron chi connectivity index (χ1n) is 7.80. The summed E-state index contributed by atoms with van der Waals surface area (Å²) in [7, 11) is 0. The number of aliphatic hydroxyl groups is 1. The van der Waals surface area contributed by atoms with Gasteiger partial charge in [0.25, 0.3) is 0 Å². The van der Waals surface area contributed by atoms with Crippen LogP contribution >= 0.6 is 0 Å². The van der Waals surface area contributed by atoms with Crippen molar-refractivity contribution in [3.05, 3.63) is 42.0 Å². The van der Waals surface area contributed by atoms with Crippen LogP contribution in [0.1, 0.15) is 37.7 Å². The summed E-state index contributed by atoms with van der Waals surface area (Å²) in [5, 5.41) is 25.7. The standard InChI is InChI=1S/C18H23NO2/c20-13-18(10-4-1-5-11-18)19-12-16-15-7-3-2-6-14(15)8-9-17(16)21/h2-3,6-9,19-21H,1,4-5,10-13H2. The van der Waals surface area contributed by atoms with Gasteiger partial charge < -0.3 is 15.5 Å². The fourth-order valence-electron chi connectivity index (χ4n) is 3.41. The number of aromatic hydroxyl groups is 1. The number of aliphatic hydroxyl groups excluding tert-OH is 1. The van der Waals surface area contributed by atoms with Gasteiger partial charge in [0.2, 0.25) is 0 Å². The molecule has 0 heterocycles. The third kappa shape index (κ3) is 2.89. The molecule has 2 aromatic carbocycles. The Balaban J connectivity index is 1.86. The number of benzene rings is 2. The molecule has 0 bridgehead atoms. The summed E-state index contributed by atoms with van der Waals surface area (Å²) in [5.41, 5.74) is 0.744. The summed E-state index contributed by atoms with van der Waals surface area (Å²) in [5.74, 6) is 0.324. The van der Waals surface area contributed by atoms with Crippen LogP contribution in [0.2, 0.25) is 0 Å². The summed E-state index contributed by atoms with van der Waals surface area (Å²) in [6, 6.07) is 11.8. The Morgan fingerprint density at radius 1 is 1.00 bits per heavy atom. The van der Waals surface area contributed by atoms with E-state index in [0.29, 0.717) is 12.3 Å². The Bertz CT molecular complexity index is 618. The van der Waals surface area contributed by atoms with Crippen molar-refractivity contribution in [1.82, 2.24) is 5.32 Å². The van der Waals surface area contributed by atoms with Gasteiger partial charge in [-0.2, -0.15) is 0 Å². The van der Waals surface area contributed by atoms with Crippen LogP contribution in [0.4, 0.5) is 0 Å². The summed E-state index contributed by atoms with van der Waals surface area (Å²) >= 11 is 0. The van der Waals surface area contributed by atoms with Gasteiger partial charge >= 0.3 is 0 Å². The van der Waals surface area contributed by atoms with Gasteiger partial charge in [0.15, 0.2) is 0 Å². The maximum absolute atomic E-state index is 10.2. The van der Waals surface area contributed by atoms with Crippen molar-refractivity contribution in [3.8, 4) is 5.75 Å². The van der Waals surface area contributed by atoms with E-state index in [2.05, 4.69) is 11.4 Å². The lowest BCUT2D eigenvalue weighted by atomic mass is 9.82. The lowest BCUT2D eigenvalue weighted by molar-refractivity contribution is 0.119. The van der Waals surface area contributed by atoms with Crippen LogP contribution in [-0.4, -0.2) is 22.4 Å². The van der Waals surface area contributed by atoms with Crippen molar-refractivity contribution in [2.45, 2.75) is 44.2 Å². The van der Waals surface area contributed by atoms with Gasteiger partial charge in [-0.15, -0.1) is 0 Å². The fourth-order valence-corrected chi connectivity index (χ4v) is 3.41. The van der Waals surface area contributed by atoms with Gasteiger partial charge in [-0.25, -0.2) is 0 Å². The lowest BCUT2D eigenvalue weighted by Gasteiger charge is -2.37. The molecule has 0 aliphatic heterocycles. The average Bonchev–Trinajstić information content (AvgIpc) is 2.55. The van der Waals surface area contributed by atoms with Gasteiger partial charge in [0.1, 0.15) is 5.75 Å².